The van der Waals surface area contributed by atoms with Gasteiger partial charge in [0.25, 0.3) is 11.8 Å². The van der Waals surface area contributed by atoms with Crippen molar-refractivity contribution >= 4 is 28.8 Å². The fourth-order valence-corrected chi connectivity index (χ4v) is 4.56. The summed E-state index contributed by atoms with van der Waals surface area (Å²) in [6.07, 6.45) is 3.80. The summed E-state index contributed by atoms with van der Waals surface area (Å²) < 4.78 is 1.59. The van der Waals surface area contributed by atoms with E-state index in [9.17, 15) is 14.7 Å². The van der Waals surface area contributed by atoms with Gasteiger partial charge >= 0.3 is 0 Å². The largest absolute Gasteiger partial charge is 0.394 e. The predicted octanol–water partition coefficient (Wildman–Crippen LogP) is 3.52. The first kappa shape index (κ1) is 23.6. The van der Waals surface area contributed by atoms with Crippen LogP contribution in [-0.2, 0) is 6.54 Å². The lowest BCUT2D eigenvalue weighted by Crippen LogP contribution is -2.38. The Morgan fingerprint density at radius 1 is 1.12 bits per heavy atom. The first-order chi connectivity index (χ1) is 16.5. The molecule has 0 aliphatic carbocycles. The number of aliphatic hydroxyl groups is 1. The molecule has 1 atom stereocenters. The van der Waals surface area contributed by atoms with E-state index >= 15 is 0 Å². The average Bonchev–Trinajstić information content (AvgIpc) is 3.49. The second-order valence-electron chi connectivity index (χ2n) is 8.43. The summed E-state index contributed by atoms with van der Waals surface area (Å²) in [5.41, 5.74) is 2.86. The van der Waals surface area contributed by atoms with Crippen LogP contribution in [0.1, 0.15) is 46.8 Å². The lowest BCUT2D eigenvalue weighted by atomic mass is 10.0. The third kappa shape index (κ3) is 5.32. The number of nitrogens with one attached hydrogen (secondary N) is 2. The highest BCUT2D eigenvalue weighted by molar-refractivity contribution is 7.13. The van der Waals surface area contributed by atoms with Gasteiger partial charge in [-0.3, -0.25) is 14.0 Å². The molecule has 0 saturated heterocycles. The standard InChI is InChI=1S/C25H27N5O3S/c1-16(2)11-18(14-31)28-24(33)21-13-26-22-20(9-6-10-30(21)22)23(32)27-12-19-15-34-25(29-19)17-7-4-3-5-8-17/h3-10,13,15-16,18,31H,11-12,14H2,1-2H3,(H,27,32)(H,28,33)/t18-/m0/s1. The van der Waals surface area contributed by atoms with E-state index in [4.69, 9.17) is 0 Å². The molecule has 1 aromatic carbocycles. The number of nitrogens with zero attached hydrogens (tertiary/aromatic N) is 3. The second-order valence-corrected chi connectivity index (χ2v) is 9.29. The van der Waals surface area contributed by atoms with Crippen molar-refractivity contribution < 1.29 is 14.7 Å². The van der Waals surface area contributed by atoms with Gasteiger partial charge in [0.2, 0.25) is 0 Å². The smallest absolute Gasteiger partial charge is 0.270 e. The van der Waals surface area contributed by atoms with E-state index in [1.807, 2.05) is 49.6 Å². The molecule has 2 amide bonds. The highest BCUT2D eigenvalue weighted by Crippen LogP contribution is 2.23. The van der Waals surface area contributed by atoms with Crippen LogP contribution in [0.4, 0.5) is 0 Å². The van der Waals surface area contributed by atoms with Crippen LogP contribution >= 0.6 is 11.3 Å². The number of carbonyl (C=O) groups excluding carboxylic acids is 2. The topological polar surface area (TPSA) is 109 Å². The lowest BCUT2D eigenvalue weighted by Gasteiger charge is -2.18. The van der Waals surface area contributed by atoms with E-state index in [1.54, 1.807) is 22.7 Å². The predicted molar refractivity (Wildman–Crippen MR) is 132 cm³/mol. The van der Waals surface area contributed by atoms with Gasteiger partial charge in [-0.25, -0.2) is 9.97 Å². The van der Waals surface area contributed by atoms with Crippen molar-refractivity contribution in [3.05, 3.63) is 77.2 Å². The van der Waals surface area contributed by atoms with Crippen LogP contribution in [0, 0.1) is 5.92 Å². The number of thiazole rings is 1. The Morgan fingerprint density at radius 2 is 1.91 bits per heavy atom. The van der Waals surface area contributed by atoms with Crippen molar-refractivity contribution in [2.24, 2.45) is 5.92 Å². The van der Waals surface area contributed by atoms with Crippen LogP contribution in [0.2, 0.25) is 0 Å². The lowest BCUT2D eigenvalue weighted by molar-refractivity contribution is 0.0900. The van der Waals surface area contributed by atoms with Crippen molar-refractivity contribution in [3.8, 4) is 10.6 Å². The Labute approximate surface area is 201 Å². The molecular weight excluding hydrogens is 450 g/mol. The summed E-state index contributed by atoms with van der Waals surface area (Å²) in [4.78, 5) is 34.6. The minimum Gasteiger partial charge on any atom is -0.394 e. The van der Waals surface area contributed by atoms with Gasteiger partial charge in [-0.15, -0.1) is 11.3 Å². The zero-order valence-electron chi connectivity index (χ0n) is 19.1. The molecule has 3 heterocycles. The minimum absolute atomic E-state index is 0.142. The van der Waals surface area contributed by atoms with E-state index < -0.39 is 0 Å². The summed E-state index contributed by atoms with van der Waals surface area (Å²) in [6, 6.07) is 12.9. The fourth-order valence-electron chi connectivity index (χ4n) is 3.73. The Balaban J connectivity index is 1.46. The van der Waals surface area contributed by atoms with Gasteiger partial charge in [0.15, 0.2) is 0 Å². The van der Waals surface area contributed by atoms with Crippen LogP contribution in [0.5, 0.6) is 0 Å². The number of rotatable bonds is 9. The summed E-state index contributed by atoms with van der Waals surface area (Å²) >= 11 is 1.53. The fraction of sp³-hybridized carbons (Fsp3) is 0.280. The van der Waals surface area contributed by atoms with E-state index in [1.165, 1.54) is 17.5 Å². The number of amides is 2. The number of hydrogen-bond donors (Lipinski definition) is 3. The van der Waals surface area contributed by atoms with Crippen LogP contribution in [-0.4, -0.2) is 43.9 Å². The van der Waals surface area contributed by atoms with E-state index in [2.05, 4.69) is 20.6 Å². The molecule has 3 N–H and O–H groups in total. The molecule has 176 valence electrons. The van der Waals surface area contributed by atoms with Crippen LogP contribution in [0.15, 0.2) is 60.2 Å². The van der Waals surface area contributed by atoms with Crippen LogP contribution in [0.3, 0.4) is 0 Å². The Bertz CT molecular complexity index is 1280. The third-order valence-electron chi connectivity index (χ3n) is 5.33. The van der Waals surface area contributed by atoms with E-state index in [-0.39, 0.29) is 31.0 Å². The zero-order valence-corrected chi connectivity index (χ0v) is 19.9. The third-order valence-corrected chi connectivity index (χ3v) is 6.27. The molecule has 34 heavy (non-hydrogen) atoms. The second kappa shape index (κ2) is 10.6. The summed E-state index contributed by atoms with van der Waals surface area (Å²) in [7, 11) is 0. The molecule has 0 bridgehead atoms. The van der Waals surface area contributed by atoms with E-state index in [0.717, 1.165) is 16.3 Å². The highest BCUT2D eigenvalue weighted by Gasteiger charge is 2.20. The maximum atomic E-state index is 12.9. The number of benzene rings is 1. The number of carbonyl (C=O) groups is 2. The Hall–Kier alpha value is -3.56. The van der Waals surface area contributed by atoms with Crippen molar-refractivity contribution in [3.63, 3.8) is 0 Å². The zero-order chi connectivity index (χ0) is 24.1. The van der Waals surface area contributed by atoms with Crippen molar-refractivity contribution in [2.45, 2.75) is 32.9 Å². The SMILES string of the molecule is CC(C)C[C@@H](CO)NC(=O)c1cnc2c(C(=O)NCc3csc(-c4ccccc4)n3)cccn12. The first-order valence-electron chi connectivity index (χ1n) is 11.1. The van der Waals surface area contributed by atoms with Crippen molar-refractivity contribution in [1.29, 1.82) is 0 Å². The monoisotopic (exact) mass is 477 g/mol. The molecule has 0 unspecified atom stereocenters. The van der Waals surface area contributed by atoms with Crippen LogP contribution in [0.25, 0.3) is 16.2 Å². The van der Waals surface area contributed by atoms with Gasteiger partial charge in [0, 0.05) is 17.1 Å². The van der Waals surface area contributed by atoms with Gasteiger partial charge in [-0.1, -0.05) is 44.2 Å². The maximum absolute atomic E-state index is 12.9. The van der Waals surface area contributed by atoms with Gasteiger partial charge in [-0.05, 0) is 24.5 Å². The van der Waals surface area contributed by atoms with Crippen molar-refractivity contribution in [2.75, 3.05) is 6.61 Å². The molecule has 0 fully saturated rings. The molecule has 0 aliphatic rings. The molecule has 0 aliphatic heterocycles. The Kier molecular flexibility index (Phi) is 7.34. The molecule has 8 nitrogen and oxygen atoms in total. The number of imidazole rings is 1. The number of hydrogen-bond acceptors (Lipinski definition) is 6. The first-order valence-corrected chi connectivity index (χ1v) is 12.0. The summed E-state index contributed by atoms with van der Waals surface area (Å²) in [6.45, 7) is 4.20. The van der Waals surface area contributed by atoms with Gasteiger partial charge in [0.1, 0.15) is 16.3 Å². The number of aliphatic hydroxyl groups excluding tert-OH is 1. The molecule has 4 aromatic rings. The molecule has 0 saturated carbocycles. The molecule has 0 spiro atoms. The van der Waals surface area contributed by atoms with Gasteiger partial charge in [0.05, 0.1) is 36.6 Å². The summed E-state index contributed by atoms with van der Waals surface area (Å²) in [5.74, 6) is -0.317. The maximum Gasteiger partial charge on any atom is 0.270 e. The van der Waals surface area contributed by atoms with E-state index in [0.29, 0.717) is 29.2 Å². The number of aromatic nitrogens is 3. The minimum atomic E-state index is -0.347. The number of pyridine rings is 1. The van der Waals surface area contributed by atoms with Crippen molar-refractivity contribution in [1.82, 2.24) is 25.0 Å². The quantitative estimate of drug-likeness (QED) is 0.342. The molecule has 0 radical (unpaired) electrons. The Morgan fingerprint density at radius 3 is 2.65 bits per heavy atom. The number of fused-ring (bicyclic) bond motifs is 1. The van der Waals surface area contributed by atoms with Crippen LogP contribution < -0.4 is 10.6 Å². The van der Waals surface area contributed by atoms with Gasteiger partial charge < -0.3 is 15.7 Å². The van der Waals surface area contributed by atoms with Gasteiger partial charge in [-0.2, -0.15) is 0 Å². The molecule has 3 aromatic heterocycles. The average molecular weight is 478 g/mol. The normalized spacial score (nSPS) is 12.1. The molecule has 4 rings (SSSR count). The highest BCUT2D eigenvalue weighted by atomic mass is 32.1. The molecule has 9 heteroatoms. The summed E-state index contributed by atoms with van der Waals surface area (Å²) in [5, 5.41) is 18.1. The molecular formula is C25H27N5O3S.